The van der Waals surface area contributed by atoms with E-state index in [9.17, 15) is 14.7 Å². The van der Waals surface area contributed by atoms with E-state index in [1.54, 1.807) is 22.9 Å². The van der Waals surface area contributed by atoms with Crippen LogP contribution in [0.1, 0.15) is 28.2 Å². The van der Waals surface area contributed by atoms with Gasteiger partial charge < -0.3 is 14.3 Å². The number of hydrogen-bond acceptors (Lipinski definition) is 4. The number of hydrogen-bond donors (Lipinski definition) is 1. The predicted octanol–water partition coefficient (Wildman–Crippen LogP) is 2.12. The summed E-state index contributed by atoms with van der Waals surface area (Å²) in [5.41, 5.74) is 6.22. The minimum atomic E-state index is -1.14. The molecule has 0 aliphatic rings. The van der Waals surface area contributed by atoms with Crippen LogP contribution in [-0.2, 0) is 11.2 Å². The number of carboxylic acid groups (broad SMARTS) is 1. The van der Waals surface area contributed by atoms with Crippen molar-refractivity contribution in [2.45, 2.75) is 19.8 Å². The molecule has 0 saturated carbocycles. The maximum absolute atomic E-state index is 12.3. The molecule has 0 spiro atoms. The van der Waals surface area contributed by atoms with Gasteiger partial charge in [0.05, 0.1) is 12.0 Å². The number of aryl methyl sites for hydroxylation is 2. The highest BCUT2D eigenvalue weighted by molar-refractivity contribution is 5.98. The highest BCUT2D eigenvalue weighted by atomic mass is 16.4. The summed E-state index contributed by atoms with van der Waals surface area (Å²) >= 11 is 0. The van der Waals surface area contributed by atoms with Crippen molar-refractivity contribution in [2.24, 2.45) is 0 Å². The van der Waals surface area contributed by atoms with Gasteiger partial charge in [-0.1, -0.05) is 29.8 Å². The van der Waals surface area contributed by atoms with Crippen molar-refractivity contribution in [1.29, 1.82) is 0 Å². The van der Waals surface area contributed by atoms with Crippen LogP contribution >= 0.6 is 0 Å². The standard InChI is InChI=1S/C19H18N2O4/c1-13-4-6-14(7-5-13)16-10-8-15(9-11-18(22)23)21(16)20-19(24)17-3-2-12-25-17/h2-8,10,12H,9,11H2,1H3,(H,20,24)(H,22,23)/p-1. The average Bonchev–Trinajstić information content (AvgIpc) is 3.24. The fourth-order valence-corrected chi connectivity index (χ4v) is 2.55. The van der Waals surface area contributed by atoms with E-state index >= 15 is 0 Å². The van der Waals surface area contributed by atoms with Gasteiger partial charge in [0.15, 0.2) is 5.76 Å². The van der Waals surface area contributed by atoms with E-state index in [2.05, 4.69) is 5.43 Å². The first-order valence-electron chi connectivity index (χ1n) is 7.87. The third-order valence-electron chi connectivity index (χ3n) is 3.85. The molecule has 0 radical (unpaired) electrons. The van der Waals surface area contributed by atoms with E-state index in [0.717, 1.165) is 16.8 Å². The molecule has 0 fully saturated rings. The van der Waals surface area contributed by atoms with Gasteiger partial charge in [-0.05, 0) is 44.0 Å². The number of aliphatic carboxylic acids is 1. The summed E-state index contributed by atoms with van der Waals surface area (Å²) in [5.74, 6) is -1.37. The molecule has 0 unspecified atom stereocenters. The molecule has 0 aliphatic heterocycles. The highest BCUT2D eigenvalue weighted by Crippen LogP contribution is 2.23. The first-order chi connectivity index (χ1) is 12.0. The number of rotatable bonds is 6. The number of carbonyl (C=O) groups excluding carboxylic acids is 2. The van der Waals surface area contributed by atoms with Crippen LogP contribution in [0.15, 0.2) is 59.2 Å². The first kappa shape index (κ1) is 16.6. The Morgan fingerprint density at radius 2 is 1.88 bits per heavy atom. The molecule has 6 nitrogen and oxygen atoms in total. The van der Waals surface area contributed by atoms with Gasteiger partial charge >= 0.3 is 5.91 Å². The number of carbonyl (C=O) groups is 2. The molecule has 3 aromatic rings. The van der Waals surface area contributed by atoms with E-state index in [0.29, 0.717) is 5.69 Å². The highest BCUT2D eigenvalue weighted by Gasteiger charge is 2.15. The van der Waals surface area contributed by atoms with Gasteiger partial charge in [-0.2, -0.15) is 0 Å². The second kappa shape index (κ2) is 7.09. The molecular formula is C19H17N2O4-. The number of aromatic nitrogens is 1. The van der Waals surface area contributed by atoms with E-state index in [-0.39, 0.29) is 18.6 Å². The van der Waals surface area contributed by atoms with E-state index < -0.39 is 11.9 Å². The topological polar surface area (TPSA) is 87.3 Å². The number of benzene rings is 1. The number of carboxylic acids is 1. The smallest absolute Gasteiger partial charge is 0.305 e. The number of nitrogens with one attached hydrogen (secondary N) is 1. The van der Waals surface area contributed by atoms with Crippen LogP contribution in [0.3, 0.4) is 0 Å². The van der Waals surface area contributed by atoms with Crippen LogP contribution in [0.4, 0.5) is 0 Å². The molecule has 25 heavy (non-hydrogen) atoms. The molecule has 1 amide bonds. The van der Waals surface area contributed by atoms with Gasteiger partial charge in [0.25, 0.3) is 0 Å². The Bertz CT molecular complexity index is 877. The van der Waals surface area contributed by atoms with Crippen LogP contribution < -0.4 is 10.5 Å². The van der Waals surface area contributed by atoms with Crippen molar-refractivity contribution in [3.8, 4) is 11.3 Å². The van der Waals surface area contributed by atoms with Crippen molar-refractivity contribution in [3.05, 3.63) is 71.8 Å². The maximum atomic E-state index is 12.3. The lowest BCUT2D eigenvalue weighted by molar-refractivity contribution is -0.305. The molecule has 0 aliphatic carbocycles. The summed E-state index contributed by atoms with van der Waals surface area (Å²) in [6, 6.07) is 14.7. The third-order valence-corrected chi connectivity index (χ3v) is 3.85. The molecule has 0 atom stereocenters. The van der Waals surface area contributed by atoms with E-state index in [1.807, 2.05) is 37.3 Å². The summed E-state index contributed by atoms with van der Waals surface area (Å²) in [6.07, 6.45) is 1.53. The van der Waals surface area contributed by atoms with Gasteiger partial charge in [-0.25, -0.2) is 0 Å². The summed E-state index contributed by atoms with van der Waals surface area (Å²) in [5, 5.41) is 10.8. The van der Waals surface area contributed by atoms with Gasteiger partial charge in [-0.3, -0.25) is 14.9 Å². The summed E-state index contributed by atoms with van der Waals surface area (Å²) in [4.78, 5) is 23.1. The molecule has 0 bridgehead atoms. The monoisotopic (exact) mass is 337 g/mol. The Labute approximate surface area is 144 Å². The normalized spacial score (nSPS) is 10.6. The molecule has 128 valence electrons. The predicted molar refractivity (Wildman–Crippen MR) is 90.3 cm³/mol. The zero-order valence-electron chi connectivity index (χ0n) is 13.7. The molecule has 1 aromatic carbocycles. The minimum absolute atomic E-state index is 0.131. The zero-order chi connectivity index (χ0) is 17.8. The first-order valence-corrected chi connectivity index (χ1v) is 7.87. The second-order valence-electron chi connectivity index (χ2n) is 5.70. The van der Waals surface area contributed by atoms with Crippen molar-refractivity contribution in [1.82, 2.24) is 4.68 Å². The summed E-state index contributed by atoms with van der Waals surface area (Å²) < 4.78 is 6.71. The summed E-state index contributed by atoms with van der Waals surface area (Å²) in [7, 11) is 0. The largest absolute Gasteiger partial charge is 0.550 e. The Morgan fingerprint density at radius 3 is 2.52 bits per heavy atom. The fraction of sp³-hybridized carbons (Fsp3) is 0.158. The number of nitrogens with zero attached hydrogens (tertiary/aromatic N) is 1. The van der Waals surface area contributed by atoms with Crippen LogP contribution in [0, 0.1) is 6.92 Å². The van der Waals surface area contributed by atoms with Crippen LogP contribution in [0.5, 0.6) is 0 Å². The molecular weight excluding hydrogens is 320 g/mol. The van der Waals surface area contributed by atoms with Gasteiger partial charge in [0.1, 0.15) is 0 Å². The SMILES string of the molecule is Cc1ccc(-c2ccc(CCC(=O)[O-])n2NC(=O)c2ccco2)cc1. The fourth-order valence-electron chi connectivity index (χ4n) is 2.55. The van der Waals surface area contributed by atoms with Gasteiger partial charge in [0.2, 0.25) is 0 Å². The Hall–Kier alpha value is -3.28. The zero-order valence-corrected chi connectivity index (χ0v) is 13.7. The quantitative estimate of drug-likeness (QED) is 0.746. The lowest BCUT2D eigenvalue weighted by Crippen LogP contribution is -2.27. The lowest BCUT2D eigenvalue weighted by Gasteiger charge is -2.15. The van der Waals surface area contributed by atoms with Crippen molar-refractivity contribution in [3.63, 3.8) is 0 Å². The van der Waals surface area contributed by atoms with E-state index in [4.69, 9.17) is 4.42 Å². The third kappa shape index (κ3) is 3.80. The van der Waals surface area contributed by atoms with Crippen molar-refractivity contribution < 1.29 is 19.1 Å². The number of amides is 1. The Morgan fingerprint density at radius 1 is 1.12 bits per heavy atom. The molecule has 2 heterocycles. The number of furan rings is 1. The molecule has 3 rings (SSSR count). The molecule has 6 heteroatoms. The van der Waals surface area contributed by atoms with Crippen LogP contribution in [-0.4, -0.2) is 16.6 Å². The summed E-state index contributed by atoms with van der Waals surface area (Å²) in [6.45, 7) is 1.99. The Kier molecular flexibility index (Phi) is 4.70. The van der Waals surface area contributed by atoms with Gasteiger partial charge in [0, 0.05) is 17.2 Å². The van der Waals surface area contributed by atoms with Crippen molar-refractivity contribution >= 4 is 11.9 Å². The van der Waals surface area contributed by atoms with Crippen molar-refractivity contribution in [2.75, 3.05) is 5.43 Å². The lowest BCUT2D eigenvalue weighted by atomic mass is 10.1. The Balaban J connectivity index is 1.95. The molecule has 0 saturated heterocycles. The minimum Gasteiger partial charge on any atom is -0.550 e. The molecule has 2 aromatic heterocycles. The van der Waals surface area contributed by atoms with Crippen LogP contribution in [0.2, 0.25) is 0 Å². The maximum Gasteiger partial charge on any atom is 0.305 e. The van der Waals surface area contributed by atoms with Crippen LogP contribution in [0.25, 0.3) is 11.3 Å². The molecule has 1 N–H and O–H groups in total. The van der Waals surface area contributed by atoms with E-state index in [1.165, 1.54) is 6.26 Å². The second-order valence-corrected chi connectivity index (χ2v) is 5.70. The van der Waals surface area contributed by atoms with Gasteiger partial charge in [-0.15, -0.1) is 0 Å². The average molecular weight is 337 g/mol.